The van der Waals surface area contributed by atoms with Crippen LogP contribution < -0.4 is 17.6 Å². The molecule has 0 saturated carbocycles. The number of rotatable bonds is 11. The SMILES string of the molecule is Cc1nc(C)nc(-c2ccc3c(c2)c2cc(-c4nc(C)nc(C)n4)ccc2n3-c2ccc(-c3ccc[c]([Ge]([c]4ccccc4)([c]4ccccc4)[c]4ccccc4)c3)cc2-c2nc(-c3ccccc3)nc(-c3ccccc3)n2)n1. The van der Waals surface area contributed by atoms with Crippen LogP contribution in [0.2, 0.25) is 0 Å². The van der Waals surface area contributed by atoms with E-state index < -0.39 is 13.3 Å². The van der Waals surface area contributed by atoms with Gasteiger partial charge in [0.2, 0.25) is 0 Å². The normalized spacial score (nSPS) is 11.6. The first-order chi connectivity index (χ1) is 38.3. The fourth-order valence-corrected chi connectivity index (χ4v) is 21.1. The standard InChI is InChI=1S/C67H50GeN10/c1-43-69-44(2)72-65(71-43)51-34-37-60-57(41-51)58-42-52(66-73-45(3)70-46(4)74-66)35-38-61(58)78(60)62-36-33-50(40-59(62)67-76-63(47-21-10-5-11-22-47)75-64(77-67)48-23-12-6-13-24-48)49-25-20-32-56(39-49)68(53-26-14-7-15-27-53,54-28-16-8-17-29-54)55-30-18-9-19-31-55/h5-42H,1-4H3. The Morgan fingerprint density at radius 3 is 1.08 bits per heavy atom. The van der Waals surface area contributed by atoms with Crippen LogP contribution in [0.1, 0.15) is 23.3 Å². The number of hydrogen-bond donors (Lipinski definition) is 0. The first kappa shape index (κ1) is 48.0. The van der Waals surface area contributed by atoms with E-state index in [0.29, 0.717) is 52.4 Å². The summed E-state index contributed by atoms with van der Waals surface area (Å²) in [5.41, 5.74) is 9.30. The van der Waals surface area contributed by atoms with Crippen molar-refractivity contribution in [1.82, 2.24) is 49.4 Å². The van der Waals surface area contributed by atoms with Crippen molar-refractivity contribution in [2.75, 3.05) is 0 Å². The fraction of sp³-hybridized carbons (Fsp3) is 0.0597. The molecule has 0 unspecified atom stereocenters. The molecule has 4 aromatic heterocycles. The summed E-state index contributed by atoms with van der Waals surface area (Å²) in [6.07, 6.45) is 0. The van der Waals surface area contributed by atoms with Crippen molar-refractivity contribution in [3.63, 3.8) is 0 Å². The molecular weight excluding hydrogens is 1020 g/mol. The molecule has 4 heterocycles. The summed E-state index contributed by atoms with van der Waals surface area (Å²) >= 11 is -3.66. The predicted octanol–water partition coefficient (Wildman–Crippen LogP) is 12.0. The third-order valence-electron chi connectivity index (χ3n) is 14.4. The predicted molar refractivity (Wildman–Crippen MR) is 316 cm³/mol. The summed E-state index contributed by atoms with van der Waals surface area (Å²) in [4.78, 5) is 44.1. The van der Waals surface area contributed by atoms with Crippen molar-refractivity contribution < 1.29 is 0 Å². The van der Waals surface area contributed by atoms with Gasteiger partial charge in [0, 0.05) is 0 Å². The minimum absolute atomic E-state index is 0.538. The average Bonchev–Trinajstić information content (AvgIpc) is 3.90. The number of nitrogens with zero attached hydrogens (tertiary/aromatic N) is 10. The molecule has 78 heavy (non-hydrogen) atoms. The summed E-state index contributed by atoms with van der Waals surface area (Å²) < 4.78 is 7.72. The number of aryl methyl sites for hydroxylation is 4. The van der Waals surface area contributed by atoms with E-state index in [9.17, 15) is 0 Å². The van der Waals surface area contributed by atoms with E-state index in [0.717, 1.165) is 66.4 Å². The molecule has 0 bridgehead atoms. The monoisotopic (exact) mass is 1070 g/mol. The third-order valence-corrected chi connectivity index (χ3v) is 24.4. The molecule has 11 heteroatoms. The Hall–Kier alpha value is -9.65. The van der Waals surface area contributed by atoms with Gasteiger partial charge in [-0.1, -0.05) is 12.1 Å². The Bertz CT molecular complexity index is 4060. The number of benzene rings is 9. The van der Waals surface area contributed by atoms with Crippen LogP contribution >= 0.6 is 0 Å². The zero-order valence-electron chi connectivity index (χ0n) is 43.4. The summed E-state index contributed by atoms with van der Waals surface area (Å²) in [5.74, 6) is 5.56. The van der Waals surface area contributed by atoms with Gasteiger partial charge in [0.1, 0.15) is 23.3 Å². The second-order valence-corrected chi connectivity index (χ2v) is 27.5. The molecule has 0 N–H and O–H groups in total. The van der Waals surface area contributed by atoms with Gasteiger partial charge < -0.3 is 0 Å². The van der Waals surface area contributed by atoms with Crippen LogP contribution in [0.15, 0.2) is 231 Å². The van der Waals surface area contributed by atoms with E-state index in [4.69, 9.17) is 34.9 Å². The zero-order chi connectivity index (χ0) is 52.7. The zero-order valence-corrected chi connectivity index (χ0v) is 45.5. The third kappa shape index (κ3) is 8.81. The molecule has 0 radical (unpaired) electrons. The maximum Gasteiger partial charge on any atom is -0.213 e. The van der Waals surface area contributed by atoms with Crippen LogP contribution in [0, 0.1) is 27.7 Å². The van der Waals surface area contributed by atoms with Gasteiger partial charge in [-0.3, -0.25) is 0 Å². The molecule has 0 saturated heterocycles. The van der Waals surface area contributed by atoms with Gasteiger partial charge >= 0.3 is 353 Å². The van der Waals surface area contributed by atoms with Crippen molar-refractivity contribution in [3.8, 4) is 73.8 Å². The van der Waals surface area contributed by atoms with Crippen molar-refractivity contribution in [2.45, 2.75) is 27.7 Å². The molecule has 0 aliphatic heterocycles. The molecule has 372 valence electrons. The summed E-state index contributed by atoms with van der Waals surface area (Å²) in [6, 6.07) is 82.5. The van der Waals surface area contributed by atoms with Gasteiger partial charge in [0.15, 0.2) is 11.6 Å². The summed E-state index contributed by atoms with van der Waals surface area (Å²) in [7, 11) is 0. The molecule has 0 amide bonds. The van der Waals surface area contributed by atoms with E-state index in [1.54, 1.807) is 0 Å². The van der Waals surface area contributed by atoms with Crippen molar-refractivity contribution in [1.29, 1.82) is 0 Å². The summed E-state index contributed by atoms with van der Waals surface area (Å²) in [6.45, 7) is 7.60. The van der Waals surface area contributed by atoms with Crippen molar-refractivity contribution in [3.05, 3.63) is 254 Å². The van der Waals surface area contributed by atoms with Gasteiger partial charge in [-0.15, -0.1) is 0 Å². The second-order valence-electron chi connectivity index (χ2n) is 19.5. The maximum absolute atomic E-state index is 5.41. The fourth-order valence-electron chi connectivity index (χ4n) is 11.1. The Labute approximate surface area is 454 Å². The van der Waals surface area contributed by atoms with Crippen molar-refractivity contribution >= 4 is 52.7 Å². The molecule has 0 atom stereocenters. The van der Waals surface area contributed by atoms with Crippen LogP contribution in [0.25, 0.3) is 95.6 Å². The van der Waals surface area contributed by atoms with Gasteiger partial charge in [-0.05, 0) is 27.7 Å². The number of fused-ring (bicyclic) bond motifs is 3. The van der Waals surface area contributed by atoms with Crippen LogP contribution in [-0.4, -0.2) is 62.7 Å². The molecule has 13 rings (SSSR count). The molecular formula is C67H50GeN10. The topological polar surface area (TPSA) is 121 Å². The van der Waals surface area contributed by atoms with E-state index in [1.807, 2.05) is 88.4 Å². The van der Waals surface area contributed by atoms with E-state index in [1.165, 1.54) is 17.6 Å². The minimum atomic E-state index is -3.66. The van der Waals surface area contributed by atoms with Crippen LogP contribution in [0.4, 0.5) is 0 Å². The first-order valence-corrected chi connectivity index (χ1v) is 30.2. The van der Waals surface area contributed by atoms with Crippen LogP contribution in [0.3, 0.4) is 0 Å². The Morgan fingerprint density at radius 2 is 0.628 bits per heavy atom. The Morgan fingerprint density at radius 1 is 0.269 bits per heavy atom. The quantitative estimate of drug-likeness (QED) is 0.117. The molecule has 0 aliphatic rings. The van der Waals surface area contributed by atoms with E-state index in [2.05, 4.69) is 184 Å². The van der Waals surface area contributed by atoms with E-state index >= 15 is 0 Å². The second kappa shape index (κ2) is 20.1. The molecule has 0 fully saturated rings. The molecule has 0 aliphatic carbocycles. The van der Waals surface area contributed by atoms with Crippen molar-refractivity contribution in [2.24, 2.45) is 0 Å². The smallest absolute Gasteiger partial charge is 0.213 e. The number of hydrogen-bond acceptors (Lipinski definition) is 9. The minimum Gasteiger partial charge on any atom is -0.213 e. The summed E-state index contributed by atoms with van der Waals surface area (Å²) in [5, 5.41) is 2.00. The van der Waals surface area contributed by atoms with Gasteiger partial charge in [0.25, 0.3) is 0 Å². The molecule has 10 nitrogen and oxygen atoms in total. The van der Waals surface area contributed by atoms with Crippen LogP contribution in [0.5, 0.6) is 0 Å². The van der Waals surface area contributed by atoms with E-state index in [-0.39, 0.29) is 0 Å². The Balaban J connectivity index is 1.09. The molecule has 0 spiro atoms. The van der Waals surface area contributed by atoms with Gasteiger partial charge in [-0.2, -0.15) is 0 Å². The van der Waals surface area contributed by atoms with Gasteiger partial charge in [0.05, 0.1) is 0 Å². The number of aromatic nitrogens is 10. The maximum atomic E-state index is 5.41. The average molecular weight is 1070 g/mol. The largest absolute Gasteiger partial charge is 0.213 e. The Kier molecular flexibility index (Phi) is 12.4. The van der Waals surface area contributed by atoms with Crippen LogP contribution in [-0.2, 0) is 0 Å². The first-order valence-electron chi connectivity index (χ1n) is 26.0. The molecule has 13 aromatic rings. The van der Waals surface area contributed by atoms with Gasteiger partial charge in [-0.25, -0.2) is 29.9 Å². The molecule has 9 aromatic carbocycles.